The number of hydrogen-bond acceptors (Lipinski definition) is 1. The number of hydrogen-bond donors (Lipinski definition) is 0. The van der Waals surface area contributed by atoms with Gasteiger partial charge >= 0.3 is 0 Å². The lowest BCUT2D eigenvalue weighted by Crippen LogP contribution is -1.98. The summed E-state index contributed by atoms with van der Waals surface area (Å²) in [5.41, 5.74) is 12.7. The van der Waals surface area contributed by atoms with Crippen molar-refractivity contribution in [2.24, 2.45) is 4.99 Å². The first kappa shape index (κ1) is 29.7. The van der Waals surface area contributed by atoms with Gasteiger partial charge < -0.3 is 9.13 Å². The molecular weight excluding hydrogens is 607 g/mol. The summed E-state index contributed by atoms with van der Waals surface area (Å²) in [6, 6.07) is 62.8. The summed E-state index contributed by atoms with van der Waals surface area (Å²) < 4.78 is 4.79. The first-order valence-electron chi connectivity index (χ1n) is 17.2. The SMILES string of the molecule is CC(=N/C(=C\Cn1c2ccccc2c2cc(-c3ccc4c(c3)c3ccccc3n4-c3ccccc3)ccc21)c1ccccc1)c1ccccc1. The zero-order chi connectivity index (χ0) is 33.4. The van der Waals surface area contributed by atoms with Gasteiger partial charge in [-0.1, -0.05) is 127 Å². The monoisotopic (exact) mass is 641 g/mol. The van der Waals surface area contributed by atoms with Crippen molar-refractivity contribution in [1.82, 2.24) is 9.13 Å². The van der Waals surface area contributed by atoms with Crippen LogP contribution in [-0.2, 0) is 6.54 Å². The van der Waals surface area contributed by atoms with Gasteiger partial charge in [-0.05, 0) is 83.8 Å². The Hall–Kier alpha value is -6.45. The molecule has 2 heterocycles. The minimum absolute atomic E-state index is 0.699. The van der Waals surface area contributed by atoms with E-state index in [1.54, 1.807) is 0 Å². The van der Waals surface area contributed by atoms with Crippen molar-refractivity contribution in [1.29, 1.82) is 0 Å². The fourth-order valence-electron chi connectivity index (χ4n) is 7.38. The fraction of sp³-hybridized carbons (Fsp3) is 0.0426. The summed E-state index contributed by atoms with van der Waals surface area (Å²) >= 11 is 0. The topological polar surface area (TPSA) is 22.2 Å². The molecule has 238 valence electrons. The second kappa shape index (κ2) is 12.5. The van der Waals surface area contributed by atoms with Gasteiger partial charge in [0.15, 0.2) is 0 Å². The quantitative estimate of drug-likeness (QED) is 0.155. The maximum atomic E-state index is 5.16. The van der Waals surface area contributed by atoms with Crippen molar-refractivity contribution in [2.75, 3.05) is 0 Å². The maximum absolute atomic E-state index is 5.16. The molecule has 3 heteroatoms. The number of para-hydroxylation sites is 3. The van der Waals surface area contributed by atoms with Crippen molar-refractivity contribution in [3.63, 3.8) is 0 Å². The van der Waals surface area contributed by atoms with E-state index < -0.39 is 0 Å². The molecule has 0 aliphatic rings. The number of aromatic nitrogens is 2. The van der Waals surface area contributed by atoms with Crippen LogP contribution in [0.15, 0.2) is 187 Å². The van der Waals surface area contributed by atoms with Gasteiger partial charge in [0.25, 0.3) is 0 Å². The van der Waals surface area contributed by atoms with Crippen molar-refractivity contribution >= 4 is 55.0 Å². The van der Waals surface area contributed by atoms with Gasteiger partial charge in [0, 0.05) is 50.5 Å². The number of nitrogens with zero attached hydrogens (tertiary/aromatic N) is 3. The van der Waals surface area contributed by atoms with E-state index >= 15 is 0 Å². The Morgan fingerprint density at radius 1 is 0.480 bits per heavy atom. The van der Waals surface area contributed by atoms with E-state index in [9.17, 15) is 0 Å². The Kier molecular flexibility index (Phi) is 7.44. The molecule has 0 amide bonds. The molecule has 0 radical (unpaired) electrons. The molecule has 0 saturated heterocycles. The van der Waals surface area contributed by atoms with Crippen molar-refractivity contribution in [3.05, 3.63) is 193 Å². The smallest absolute Gasteiger partial charge is 0.0683 e. The molecule has 9 aromatic rings. The highest BCUT2D eigenvalue weighted by molar-refractivity contribution is 6.12. The molecule has 0 fully saturated rings. The van der Waals surface area contributed by atoms with Crippen molar-refractivity contribution in [3.8, 4) is 16.8 Å². The molecule has 9 rings (SSSR count). The molecule has 0 atom stereocenters. The Morgan fingerprint density at radius 2 is 0.960 bits per heavy atom. The van der Waals surface area contributed by atoms with E-state index in [0.29, 0.717) is 6.54 Å². The normalized spacial score (nSPS) is 12.4. The molecule has 2 aromatic heterocycles. The summed E-state index contributed by atoms with van der Waals surface area (Å²) in [5.74, 6) is 0. The van der Waals surface area contributed by atoms with Crippen LogP contribution in [0.4, 0.5) is 0 Å². The molecule has 0 saturated carbocycles. The minimum atomic E-state index is 0.699. The second-order valence-corrected chi connectivity index (χ2v) is 12.8. The van der Waals surface area contributed by atoms with E-state index in [1.807, 2.05) is 6.07 Å². The maximum Gasteiger partial charge on any atom is 0.0683 e. The number of rotatable bonds is 7. The van der Waals surface area contributed by atoms with Crippen LogP contribution in [0.2, 0.25) is 0 Å². The third-order valence-electron chi connectivity index (χ3n) is 9.81. The average molecular weight is 642 g/mol. The van der Waals surface area contributed by atoms with E-state index in [1.165, 1.54) is 60.4 Å². The zero-order valence-electron chi connectivity index (χ0n) is 27.9. The number of allylic oxidation sites excluding steroid dienone is 1. The number of benzene rings is 7. The molecule has 3 nitrogen and oxygen atoms in total. The van der Waals surface area contributed by atoms with E-state index in [4.69, 9.17) is 4.99 Å². The van der Waals surface area contributed by atoms with Gasteiger partial charge in [0.1, 0.15) is 0 Å². The third-order valence-corrected chi connectivity index (χ3v) is 9.81. The Bertz CT molecular complexity index is 2710. The lowest BCUT2D eigenvalue weighted by atomic mass is 10.0. The molecule has 0 unspecified atom stereocenters. The fourth-order valence-corrected chi connectivity index (χ4v) is 7.38. The molecule has 0 N–H and O–H groups in total. The van der Waals surface area contributed by atoms with Crippen LogP contribution in [0, 0.1) is 0 Å². The van der Waals surface area contributed by atoms with Crippen LogP contribution < -0.4 is 0 Å². The first-order valence-corrected chi connectivity index (χ1v) is 17.2. The molecule has 50 heavy (non-hydrogen) atoms. The van der Waals surface area contributed by atoms with Crippen LogP contribution in [0.5, 0.6) is 0 Å². The predicted octanol–water partition coefficient (Wildman–Crippen LogP) is 12.1. The molecular formula is C47H35N3. The number of aliphatic imine (C=N–C) groups is 1. The number of fused-ring (bicyclic) bond motifs is 6. The van der Waals surface area contributed by atoms with E-state index in [2.05, 4.69) is 192 Å². The first-order chi connectivity index (χ1) is 24.7. The lowest BCUT2D eigenvalue weighted by molar-refractivity contribution is 0.899. The minimum Gasteiger partial charge on any atom is -0.336 e. The molecule has 0 aliphatic carbocycles. The molecule has 0 bridgehead atoms. The molecule has 0 aliphatic heterocycles. The molecule has 0 spiro atoms. The standard InChI is InChI=1S/C47H35N3/c1-33(34-15-5-2-6-16-34)48-43(35-17-7-3-8-18-35)29-30-49-44-23-13-11-21-39(44)41-31-36(25-27-45(41)49)37-26-28-47-42(32-37)40-22-12-14-24-46(40)50(47)38-19-9-4-10-20-38/h2-29,31-32H,30H2,1H3/b43-29-,48-33?. The highest BCUT2D eigenvalue weighted by atomic mass is 15.0. The summed E-state index contributed by atoms with van der Waals surface area (Å²) in [7, 11) is 0. The summed E-state index contributed by atoms with van der Waals surface area (Å²) in [6.07, 6.45) is 2.26. The van der Waals surface area contributed by atoms with Gasteiger partial charge in [-0.15, -0.1) is 0 Å². The molecule has 7 aromatic carbocycles. The Labute approximate surface area is 291 Å². The summed E-state index contributed by atoms with van der Waals surface area (Å²) in [5, 5.41) is 5.03. The van der Waals surface area contributed by atoms with Crippen molar-refractivity contribution < 1.29 is 0 Å². The van der Waals surface area contributed by atoms with Gasteiger partial charge in [-0.25, -0.2) is 0 Å². The lowest BCUT2D eigenvalue weighted by Gasteiger charge is -2.09. The van der Waals surface area contributed by atoms with Crippen LogP contribution in [-0.4, -0.2) is 14.8 Å². The zero-order valence-corrected chi connectivity index (χ0v) is 27.9. The average Bonchev–Trinajstić information content (AvgIpc) is 3.69. The van der Waals surface area contributed by atoms with E-state index in [0.717, 1.165) is 22.5 Å². The largest absolute Gasteiger partial charge is 0.336 e. The van der Waals surface area contributed by atoms with E-state index in [-0.39, 0.29) is 0 Å². The summed E-state index contributed by atoms with van der Waals surface area (Å²) in [4.78, 5) is 5.16. The second-order valence-electron chi connectivity index (χ2n) is 12.8. The highest BCUT2D eigenvalue weighted by Gasteiger charge is 2.15. The van der Waals surface area contributed by atoms with Gasteiger partial charge in [0.2, 0.25) is 0 Å². The van der Waals surface area contributed by atoms with Crippen LogP contribution in [0.1, 0.15) is 18.1 Å². The van der Waals surface area contributed by atoms with Gasteiger partial charge in [-0.2, -0.15) is 0 Å². The van der Waals surface area contributed by atoms with Crippen molar-refractivity contribution in [2.45, 2.75) is 13.5 Å². The van der Waals surface area contributed by atoms with Crippen LogP contribution in [0.25, 0.3) is 66.1 Å². The van der Waals surface area contributed by atoms with Gasteiger partial charge in [-0.3, -0.25) is 4.99 Å². The van der Waals surface area contributed by atoms with Gasteiger partial charge in [0.05, 0.1) is 16.7 Å². The predicted molar refractivity (Wildman–Crippen MR) is 212 cm³/mol. The van der Waals surface area contributed by atoms with Crippen LogP contribution >= 0.6 is 0 Å². The van der Waals surface area contributed by atoms with Crippen LogP contribution in [0.3, 0.4) is 0 Å². The Balaban J connectivity index is 1.15. The Morgan fingerprint density at radius 3 is 1.64 bits per heavy atom. The highest BCUT2D eigenvalue weighted by Crippen LogP contribution is 2.37. The summed E-state index contributed by atoms with van der Waals surface area (Å²) in [6.45, 7) is 2.79. The third kappa shape index (κ3) is 5.21.